The normalized spacial score (nSPS) is 14.2. The smallest absolute Gasteiger partial charge is 0.195 e. The molecule has 0 fully saturated rings. The third-order valence-corrected chi connectivity index (χ3v) is 4.65. The number of pyridine rings is 1. The minimum absolute atomic E-state index is 0.271. The summed E-state index contributed by atoms with van der Waals surface area (Å²) in [6.07, 6.45) is 2.00. The molecule has 108 valence electrons. The van der Waals surface area contributed by atoms with Crippen LogP contribution in [0.4, 0.5) is 0 Å². The summed E-state index contributed by atoms with van der Waals surface area (Å²) < 4.78 is 2.03. The molecular weight excluding hydrogens is 280 g/mol. The Kier molecular flexibility index (Phi) is 4.22. The molecule has 0 radical (unpaired) electrons. The lowest BCUT2D eigenvalue weighted by Crippen LogP contribution is -2.25. The fourth-order valence-electron chi connectivity index (χ4n) is 2.47. The lowest BCUT2D eigenvalue weighted by atomic mass is 10.0. The Morgan fingerprint density at radius 2 is 1.81 bits per heavy atom. The summed E-state index contributed by atoms with van der Waals surface area (Å²) in [5.41, 5.74) is 2.17. The Bertz CT molecular complexity index is 710. The fraction of sp³-hybridized carbons (Fsp3) is 0.250. The van der Waals surface area contributed by atoms with Crippen molar-refractivity contribution in [1.82, 2.24) is 19.9 Å². The van der Waals surface area contributed by atoms with Crippen LogP contribution in [0.15, 0.2) is 59.9 Å². The maximum atomic E-state index is 4.29. The monoisotopic (exact) mass is 298 g/mol. The van der Waals surface area contributed by atoms with Gasteiger partial charge in [0.05, 0.1) is 0 Å². The summed E-state index contributed by atoms with van der Waals surface area (Å²) in [6, 6.07) is 16.7. The molecule has 2 aromatic heterocycles. The predicted octanol–water partition coefficient (Wildman–Crippen LogP) is 3.17. The number of nitrogens with zero attached hydrogens (tertiary/aromatic N) is 3. The van der Waals surface area contributed by atoms with Gasteiger partial charge in [-0.3, -0.25) is 4.40 Å². The van der Waals surface area contributed by atoms with Gasteiger partial charge in [-0.1, -0.05) is 55.1 Å². The first-order chi connectivity index (χ1) is 10.3. The molecule has 1 aromatic carbocycles. The van der Waals surface area contributed by atoms with Gasteiger partial charge in [0.1, 0.15) is 0 Å². The number of thioether (sulfide) groups is 1. The summed E-state index contributed by atoms with van der Waals surface area (Å²) >= 11 is 1.73. The highest BCUT2D eigenvalue weighted by molar-refractivity contribution is 7.99. The van der Waals surface area contributed by atoms with Crippen molar-refractivity contribution in [1.29, 1.82) is 0 Å². The Morgan fingerprint density at radius 3 is 2.57 bits per heavy atom. The number of hydrogen-bond acceptors (Lipinski definition) is 4. The topological polar surface area (TPSA) is 42.2 Å². The SMILES string of the molecule is CNC(c1ccccc1)C(C)Sc1nnc2ccccn12. The minimum Gasteiger partial charge on any atom is -0.312 e. The highest BCUT2D eigenvalue weighted by Gasteiger charge is 2.20. The van der Waals surface area contributed by atoms with Gasteiger partial charge in [0.15, 0.2) is 10.8 Å². The van der Waals surface area contributed by atoms with Crippen molar-refractivity contribution in [2.45, 2.75) is 23.4 Å². The molecule has 0 aliphatic rings. The molecule has 0 spiro atoms. The van der Waals surface area contributed by atoms with Crippen LogP contribution in [0, 0.1) is 0 Å². The Balaban J connectivity index is 1.83. The van der Waals surface area contributed by atoms with Crippen LogP contribution in [0.3, 0.4) is 0 Å². The largest absolute Gasteiger partial charge is 0.312 e. The van der Waals surface area contributed by atoms with Gasteiger partial charge in [-0.15, -0.1) is 10.2 Å². The van der Waals surface area contributed by atoms with E-state index in [4.69, 9.17) is 0 Å². The van der Waals surface area contributed by atoms with Gasteiger partial charge in [0.2, 0.25) is 0 Å². The number of benzene rings is 1. The maximum absolute atomic E-state index is 4.29. The molecule has 5 heteroatoms. The fourth-order valence-corrected chi connectivity index (χ4v) is 3.58. The van der Waals surface area contributed by atoms with Gasteiger partial charge in [-0.05, 0) is 24.7 Å². The van der Waals surface area contributed by atoms with Crippen molar-refractivity contribution in [3.8, 4) is 0 Å². The lowest BCUT2D eigenvalue weighted by molar-refractivity contribution is 0.588. The number of nitrogens with one attached hydrogen (secondary N) is 1. The molecule has 0 amide bonds. The van der Waals surface area contributed by atoms with Crippen molar-refractivity contribution in [2.75, 3.05) is 7.05 Å². The zero-order valence-electron chi connectivity index (χ0n) is 12.1. The van der Waals surface area contributed by atoms with E-state index in [-0.39, 0.29) is 6.04 Å². The van der Waals surface area contributed by atoms with Gasteiger partial charge < -0.3 is 5.32 Å². The zero-order valence-corrected chi connectivity index (χ0v) is 12.9. The van der Waals surface area contributed by atoms with Crippen LogP contribution in [-0.4, -0.2) is 26.9 Å². The molecule has 3 rings (SSSR count). The van der Waals surface area contributed by atoms with E-state index < -0.39 is 0 Å². The quantitative estimate of drug-likeness (QED) is 0.735. The Hall–Kier alpha value is -1.85. The molecule has 0 bridgehead atoms. The van der Waals surface area contributed by atoms with Crippen molar-refractivity contribution in [3.63, 3.8) is 0 Å². The molecule has 0 saturated carbocycles. The van der Waals surface area contributed by atoms with E-state index in [2.05, 4.69) is 46.7 Å². The predicted molar refractivity (Wildman–Crippen MR) is 86.5 cm³/mol. The number of aromatic nitrogens is 3. The van der Waals surface area contributed by atoms with E-state index in [1.165, 1.54) is 5.56 Å². The molecule has 2 heterocycles. The Labute approximate surface area is 128 Å². The molecule has 1 N–H and O–H groups in total. The van der Waals surface area contributed by atoms with E-state index in [9.17, 15) is 0 Å². The first-order valence-corrected chi connectivity index (χ1v) is 7.86. The molecular formula is C16H18N4S. The van der Waals surface area contributed by atoms with Crippen molar-refractivity contribution < 1.29 is 0 Å². The van der Waals surface area contributed by atoms with Crippen LogP contribution in [0.5, 0.6) is 0 Å². The standard InChI is InChI=1S/C16H18N4S/c1-12(15(17-2)13-8-4-3-5-9-13)21-16-19-18-14-10-6-7-11-20(14)16/h3-12,15,17H,1-2H3. The van der Waals surface area contributed by atoms with Crippen molar-refractivity contribution >= 4 is 17.4 Å². The maximum Gasteiger partial charge on any atom is 0.195 e. The lowest BCUT2D eigenvalue weighted by Gasteiger charge is -2.22. The summed E-state index contributed by atoms with van der Waals surface area (Å²) in [4.78, 5) is 0. The molecule has 0 aliphatic carbocycles. The van der Waals surface area contributed by atoms with E-state index in [1.54, 1.807) is 11.8 Å². The summed E-state index contributed by atoms with van der Waals surface area (Å²) in [5, 5.41) is 13.2. The summed E-state index contributed by atoms with van der Waals surface area (Å²) in [5.74, 6) is 0. The average Bonchev–Trinajstić information content (AvgIpc) is 2.92. The van der Waals surface area contributed by atoms with Crippen LogP contribution in [0.2, 0.25) is 0 Å². The van der Waals surface area contributed by atoms with Gasteiger partial charge in [-0.25, -0.2) is 0 Å². The second kappa shape index (κ2) is 6.28. The van der Waals surface area contributed by atoms with Crippen molar-refractivity contribution in [3.05, 3.63) is 60.3 Å². The van der Waals surface area contributed by atoms with Gasteiger partial charge >= 0.3 is 0 Å². The highest BCUT2D eigenvalue weighted by Crippen LogP contribution is 2.30. The number of hydrogen-bond donors (Lipinski definition) is 1. The first kappa shape index (κ1) is 14.1. The molecule has 2 atom stereocenters. The van der Waals surface area contributed by atoms with Crippen LogP contribution in [0.25, 0.3) is 5.65 Å². The van der Waals surface area contributed by atoms with Crippen LogP contribution >= 0.6 is 11.8 Å². The Morgan fingerprint density at radius 1 is 1.05 bits per heavy atom. The van der Waals surface area contributed by atoms with Crippen LogP contribution < -0.4 is 5.32 Å². The van der Waals surface area contributed by atoms with Gasteiger partial charge in [-0.2, -0.15) is 0 Å². The number of fused-ring (bicyclic) bond motifs is 1. The van der Waals surface area contributed by atoms with Gasteiger partial charge in [0, 0.05) is 17.5 Å². The second-order valence-electron chi connectivity index (χ2n) is 4.91. The zero-order chi connectivity index (χ0) is 14.7. The summed E-state index contributed by atoms with van der Waals surface area (Å²) in [7, 11) is 2.00. The number of rotatable bonds is 5. The molecule has 4 nitrogen and oxygen atoms in total. The van der Waals surface area contributed by atoms with Crippen molar-refractivity contribution in [2.24, 2.45) is 0 Å². The average molecular weight is 298 g/mol. The third kappa shape index (κ3) is 2.94. The molecule has 0 aliphatic heterocycles. The minimum atomic E-state index is 0.271. The van der Waals surface area contributed by atoms with E-state index in [0.717, 1.165) is 10.8 Å². The molecule has 0 saturated heterocycles. The van der Waals surface area contributed by atoms with Crippen LogP contribution in [0.1, 0.15) is 18.5 Å². The van der Waals surface area contributed by atoms with E-state index in [1.807, 2.05) is 41.9 Å². The molecule has 21 heavy (non-hydrogen) atoms. The van der Waals surface area contributed by atoms with Crippen LogP contribution in [-0.2, 0) is 0 Å². The van der Waals surface area contributed by atoms with E-state index >= 15 is 0 Å². The molecule has 3 aromatic rings. The highest BCUT2D eigenvalue weighted by atomic mass is 32.2. The van der Waals surface area contributed by atoms with Gasteiger partial charge in [0.25, 0.3) is 0 Å². The second-order valence-corrected chi connectivity index (χ2v) is 6.26. The summed E-state index contributed by atoms with van der Waals surface area (Å²) in [6.45, 7) is 2.21. The third-order valence-electron chi connectivity index (χ3n) is 3.51. The van der Waals surface area contributed by atoms with E-state index in [0.29, 0.717) is 5.25 Å². The molecule has 2 unspecified atom stereocenters. The first-order valence-electron chi connectivity index (χ1n) is 6.98.